The second kappa shape index (κ2) is 9.69. The lowest BCUT2D eigenvalue weighted by atomic mass is 9.92. The van der Waals surface area contributed by atoms with Crippen LogP contribution in [0.3, 0.4) is 0 Å². The second-order valence-corrected chi connectivity index (χ2v) is 11.1. The molecule has 0 N–H and O–H groups in total. The van der Waals surface area contributed by atoms with E-state index in [4.69, 9.17) is 15.7 Å². The highest BCUT2D eigenvalue weighted by Gasteiger charge is 2.20. The Hall–Kier alpha value is -6.12. The quantitative estimate of drug-likeness (QED) is 0.197. The fourth-order valence-electron chi connectivity index (χ4n) is 6.44. The van der Waals surface area contributed by atoms with Crippen molar-refractivity contribution < 1.29 is 22.6 Å². The molecule has 2 nitrogen and oxygen atoms in total. The summed E-state index contributed by atoms with van der Waals surface area (Å²) >= 11 is 0. The van der Waals surface area contributed by atoms with E-state index in [1.165, 1.54) is 0 Å². The maximum absolute atomic E-state index is 9.43. The summed E-state index contributed by atoms with van der Waals surface area (Å²) in [7, 11) is 0. The Balaban J connectivity index is 1.22. The highest BCUT2D eigenvalue weighted by molar-refractivity contribution is 6.19. The molecule has 0 saturated carbocycles. The van der Waals surface area contributed by atoms with Gasteiger partial charge in [-0.1, -0.05) is 121 Å². The van der Waals surface area contributed by atoms with Crippen molar-refractivity contribution in [2.24, 2.45) is 0 Å². The van der Waals surface area contributed by atoms with Gasteiger partial charge in [0.25, 0.3) is 0 Å². The molecule has 10 rings (SSSR count). The predicted octanol–water partition coefficient (Wildman–Crippen LogP) is 12.2. The lowest BCUT2D eigenvalue weighted by Crippen LogP contribution is -1.97. The Labute approximate surface area is 284 Å². The van der Waals surface area contributed by atoms with Crippen LogP contribution in [0.4, 0.5) is 0 Å². The van der Waals surface area contributed by atoms with Crippen molar-refractivity contribution in [3.8, 4) is 50.6 Å². The van der Waals surface area contributed by atoms with Crippen molar-refractivity contribution in [2.45, 2.75) is 0 Å². The molecule has 214 valence electrons. The monoisotopic (exact) mass is 598 g/mol. The van der Waals surface area contributed by atoms with Crippen LogP contribution in [-0.2, 0) is 0 Å². The van der Waals surface area contributed by atoms with Gasteiger partial charge in [-0.3, -0.25) is 0 Å². The van der Waals surface area contributed by atoms with Crippen LogP contribution in [0.1, 0.15) is 17.8 Å². The minimum absolute atomic E-state index is 0.0105. The molecular formula is C44H27NO. The molecular weight excluding hydrogens is 558 g/mol. The predicted molar refractivity (Wildman–Crippen MR) is 192 cm³/mol. The number of hydrogen-bond donors (Lipinski definition) is 0. The van der Waals surface area contributed by atoms with Crippen molar-refractivity contribution in [1.29, 1.82) is 0 Å². The number of ether oxygens (including phenoxy) is 1. The first-order chi connectivity index (χ1) is 28.2. The maximum Gasteiger partial charge on any atom is 0.135 e. The number of hydrogen-bond acceptors (Lipinski definition) is 1. The van der Waals surface area contributed by atoms with Crippen molar-refractivity contribution in [3.63, 3.8) is 0 Å². The van der Waals surface area contributed by atoms with Crippen molar-refractivity contribution >= 4 is 43.4 Å². The molecule has 9 aromatic rings. The molecule has 0 amide bonds. The average molecular weight is 599 g/mol. The molecule has 2 heteroatoms. The van der Waals surface area contributed by atoms with Gasteiger partial charge in [-0.15, -0.1) is 0 Å². The number of rotatable bonds is 3. The van der Waals surface area contributed by atoms with E-state index in [-0.39, 0.29) is 33.2 Å². The van der Waals surface area contributed by atoms with Gasteiger partial charge in [0.15, 0.2) is 0 Å². The topological polar surface area (TPSA) is 14.2 Å². The Bertz CT molecular complexity index is 3360. The van der Waals surface area contributed by atoms with E-state index in [9.17, 15) is 6.85 Å². The largest absolute Gasteiger partial charge is 0.456 e. The Kier molecular flexibility index (Phi) is 3.32. The van der Waals surface area contributed by atoms with Crippen LogP contribution in [-0.4, -0.2) is 4.57 Å². The van der Waals surface area contributed by atoms with Gasteiger partial charge >= 0.3 is 0 Å². The molecule has 0 saturated heterocycles. The molecule has 1 aromatic heterocycles. The van der Waals surface area contributed by atoms with Gasteiger partial charge in [-0.2, -0.15) is 0 Å². The molecule has 0 unspecified atom stereocenters. The normalized spacial score (nSPS) is 16.0. The first kappa shape index (κ1) is 15.7. The number of benzene rings is 8. The maximum atomic E-state index is 9.43. The zero-order valence-electron chi connectivity index (χ0n) is 36.9. The second-order valence-electron chi connectivity index (χ2n) is 11.1. The van der Waals surface area contributed by atoms with E-state index in [2.05, 4.69) is 10.6 Å². The summed E-state index contributed by atoms with van der Waals surface area (Å²) in [5.74, 6) is -0.785. The van der Waals surface area contributed by atoms with E-state index in [0.29, 0.717) is 5.56 Å². The molecule has 0 radical (unpaired) electrons. The lowest BCUT2D eigenvalue weighted by molar-refractivity contribution is 0.487. The third-order valence-corrected chi connectivity index (χ3v) is 8.53. The molecule has 0 spiro atoms. The smallest absolute Gasteiger partial charge is 0.135 e. The zero-order chi connectivity index (χ0) is 41.5. The molecule has 8 aromatic carbocycles. The highest BCUT2D eigenvalue weighted by atomic mass is 16.5. The minimum Gasteiger partial charge on any atom is -0.456 e. The van der Waals surface area contributed by atoms with Gasteiger partial charge in [0, 0.05) is 32.8 Å². The van der Waals surface area contributed by atoms with Crippen LogP contribution in [0.25, 0.3) is 82.4 Å². The van der Waals surface area contributed by atoms with E-state index in [1.54, 1.807) is 6.07 Å². The molecule has 46 heavy (non-hydrogen) atoms. The van der Waals surface area contributed by atoms with Crippen LogP contribution in [0, 0.1) is 0 Å². The fraction of sp³-hybridized carbons (Fsp3) is 0. The fourth-order valence-corrected chi connectivity index (χ4v) is 6.44. The molecule has 2 heterocycles. The SMILES string of the molecule is [2H]c1c([2H])c(-c2c([2H])c([2H])c(-c3ccc4c(c3)c3ccc5ccccc5c3n4-c3ccccc3)c([2H])c2[2H])c([2H])c2c1Oc1c([2H])c([2H])c([2H])c3c([2H])c([2H])c([2H])c-2c13. The van der Waals surface area contributed by atoms with Gasteiger partial charge in [-0.05, 0) is 81.0 Å². The summed E-state index contributed by atoms with van der Waals surface area (Å²) in [5, 5.41) is 3.42. The van der Waals surface area contributed by atoms with Gasteiger partial charge in [-0.25, -0.2) is 0 Å². The molecule has 0 fully saturated rings. The number of aromatic nitrogens is 1. The van der Waals surface area contributed by atoms with E-state index < -0.39 is 95.4 Å². The van der Waals surface area contributed by atoms with Crippen molar-refractivity contribution in [2.75, 3.05) is 0 Å². The number of para-hydroxylation sites is 1. The zero-order valence-corrected chi connectivity index (χ0v) is 23.9. The first-order valence-electron chi connectivity index (χ1n) is 21.2. The molecule has 1 aliphatic rings. The highest BCUT2D eigenvalue weighted by Crippen LogP contribution is 2.47. The van der Waals surface area contributed by atoms with Gasteiger partial charge in [0.1, 0.15) is 11.5 Å². The summed E-state index contributed by atoms with van der Waals surface area (Å²) < 4.78 is 124. The van der Waals surface area contributed by atoms with Crippen molar-refractivity contribution in [3.05, 3.63) is 163 Å². The third kappa shape index (κ3) is 3.71. The first-order valence-corrected chi connectivity index (χ1v) is 14.7. The van der Waals surface area contributed by atoms with Crippen LogP contribution >= 0.6 is 0 Å². The summed E-state index contributed by atoms with van der Waals surface area (Å²) in [6.45, 7) is 0. The average Bonchev–Trinajstić information content (AvgIpc) is 3.58. The van der Waals surface area contributed by atoms with Crippen LogP contribution in [0.15, 0.2) is 163 Å². The summed E-state index contributed by atoms with van der Waals surface area (Å²) in [4.78, 5) is 0. The molecule has 0 atom stereocenters. The molecule has 0 bridgehead atoms. The van der Waals surface area contributed by atoms with Gasteiger partial charge < -0.3 is 9.30 Å². The van der Waals surface area contributed by atoms with Crippen molar-refractivity contribution in [1.82, 2.24) is 4.57 Å². The minimum atomic E-state index is -0.672. The number of nitrogens with zero attached hydrogens (tertiary/aromatic N) is 1. The van der Waals surface area contributed by atoms with Gasteiger partial charge in [0.2, 0.25) is 0 Å². The summed E-state index contributed by atoms with van der Waals surface area (Å²) in [6, 6.07) is 20.1. The van der Waals surface area contributed by atoms with Crippen LogP contribution in [0.2, 0.25) is 0 Å². The third-order valence-electron chi connectivity index (χ3n) is 8.53. The Morgan fingerprint density at radius 3 is 2.13 bits per heavy atom. The van der Waals surface area contributed by atoms with E-state index in [1.807, 2.05) is 72.8 Å². The summed E-state index contributed by atoms with van der Waals surface area (Å²) in [5.41, 5.74) is 1.78. The number of fused-ring (bicyclic) bond motifs is 7. The van der Waals surface area contributed by atoms with Gasteiger partial charge in [0.05, 0.1) is 28.9 Å². The summed E-state index contributed by atoms with van der Waals surface area (Å²) in [6.07, 6.45) is 0. The Morgan fingerprint density at radius 1 is 0.500 bits per heavy atom. The van der Waals surface area contributed by atoms with E-state index in [0.717, 1.165) is 38.3 Å². The lowest BCUT2D eigenvalue weighted by Gasteiger charge is -2.22. The molecule has 0 aliphatic carbocycles. The van der Waals surface area contributed by atoms with E-state index >= 15 is 0 Å². The van der Waals surface area contributed by atoms with Crippen LogP contribution in [0.5, 0.6) is 11.5 Å². The van der Waals surface area contributed by atoms with Crippen LogP contribution < -0.4 is 4.74 Å². The molecule has 1 aliphatic heterocycles. The Morgan fingerprint density at radius 2 is 1.26 bits per heavy atom. The standard InChI is InChI=1S/C44H27NO/c1-2-11-34(12-3-1)45-40-24-21-32(26-38(40)37-23-20-30-8-4-5-13-35(30)44(37)45)28-16-18-29(19-17-28)33-22-25-41-39(27-33)36-14-6-9-31-10-7-15-42(46-41)43(31)36/h1-27H/i6D,7D,9D,10D,14D,15D,16D,17D,18D,19D,22D,25D,27D.